The Morgan fingerprint density at radius 3 is 2.75 bits per heavy atom. The third-order valence-electron chi connectivity index (χ3n) is 3.77. The van der Waals surface area contributed by atoms with Crippen molar-refractivity contribution in [1.82, 2.24) is 25.6 Å². The van der Waals surface area contributed by atoms with Gasteiger partial charge in [0, 0.05) is 21.4 Å². The van der Waals surface area contributed by atoms with E-state index in [1.54, 1.807) is 18.9 Å². The summed E-state index contributed by atoms with van der Waals surface area (Å²) in [4.78, 5) is 4.67. The quantitative estimate of drug-likeness (QED) is 0.543. The van der Waals surface area contributed by atoms with E-state index < -0.39 is 0 Å². The Balaban J connectivity index is 1.83. The number of nitrogens with one attached hydrogen (secondary N) is 2. The lowest BCUT2D eigenvalue weighted by atomic mass is 10.1. The Kier molecular flexibility index (Phi) is 3.92. The number of aromatic amines is 2. The van der Waals surface area contributed by atoms with Crippen LogP contribution in [-0.4, -0.2) is 32.7 Å². The van der Waals surface area contributed by atoms with Gasteiger partial charge in [0.2, 0.25) is 0 Å². The number of aromatic nitrogens is 5. The molecule has 0 fully saturated rings. The lowest BCUT2D eigenvalue weighted by Gasteiger charge is -2.09. The molecule has 0 amide bonds. The third-order valence-corrected chi connectivity index (χ3v) is 4.88. The van der Waals surface area contributed by atoms with Gasteiger partial charge >= 0.3 is 0 Å². The second-order valence-corrected chi connectivity index (χ2v) is 6.18. The number of H-pyrrole nitrogens is 2. The van der Waals surface area contributed by atoms with Gasteiger partial charge in [0.05, 0.1) is 18.6 Å². The van der Waals surface area contributed by atoms with Crippen molar-refractivity contribution in [2.24, 2.45) is 0 Å². The van der Waals surface area contributed by atoms with Gasteiger partial charge in [-0.25, -0.2) is 0 Å². The fourth-order valence-electron chi connectivity index (χ4n) is 2.69. The van der Waals surface area contributed by atoms with Gasteiger partial charge in [0.1, 0.15) is 5.75 Å². The summed E-state index contributed by atoms with van der Waals surface area (Å²) in [5.74, 6) is 2.15. The number of hydrogen-bond acceptors (Lipinski definition) is 5. The molecule has 2 aromatic carbocycles. The number of tetrazole rings is 1. The Bertz CT molecular complexity index is 964. The average Bonchev–Trinajstić information content (AvgIpc) is 3.27. The highest BCUT2D eigenvalue weighted by Crippen LogP contribution is 2.41. The standard InChI is InChI=1S/C17H15N5OS/c1-23-14-9-5-3-7-12(14)16-17(24-10-15-19-21-22-20-15)11-6-2-4-8-13(11)18-16/h2-9,18H,10H2,1H3,(H,19,20,21,22). The molecule has 0 bridgehead atoms. The van der Waals surface area contributed by atoms with Crippen molar-refractivity contribution in [3.63, 3.8) is 0 Å². The van der Waals surface area contributed by atoms with E-state index in [0.717, 1.165) is 27.4 Å². The maximum absolute atomic E-state index is 5.53. The third kappa shape index (κ3) is 2.63. The molecule has 2 N–H and O–H groups in total. The van der Waals surface area contributed by atoms with E-state index >= 15 is 0 Å². The van der Waals surface area contributed by atoms with Crippen LogP contribution < -0.4 is 4.74 Å². The lowest BCUT2D eigenvalue weighted by molar-refractivity contribution is 0.416. The Morgan fingerprint density at radius 1 is 1.08 bits per heavy atom. The number of hydrogen-bond donors (Lipinski definition) is 2. The van der Waals surface area contributed by atoms with Gasteiger partial charge in [-0.05, 0) is 18.2 Å². The summed E-state index contributed by atoms with van der Waals surface area (Å²) in [6.45, 7) is 0. The van der Waals surface area contributed by atoms with E-state index in [9.17, 15) is 0 Å². The SMILES string of the molecule is COc1ccccc1-c1[nH]c2ccccc2c1SCc1nn[nH]n1. The summed E-state index contributed by atoms with van der Waals surface area (Å²) in [6, 6.07) is 16.3. The first-order valence-corrected chi connectivity index (χ1v) is 8.44. The molecule has 0 aliphatic carbocycles. The van der Waals surface area contributed by atoms with Gasteiger partial charge in [0.15, 0.2) is 5.82 Å². The van der Waals surface area contributed by atoms with Crippen LogP contribution in [0.2, 0.25) is 0 Å². The summed E-state index contributed by atoms with van der Waals surface area (Å²) in [5, 5.41) is 15.3. The van der Waals surface area contributed by atoms with Crippen molar-refractivity contribution in [2.75, 3.05) is 7.11 Å². The fourth-order valence-corrected chi connectivity index (χ4v) is 3.72. The first kappa shape index (κ1) is 14.8. The van der Waals surface area contributed by atoms with Gasteiger partial charge in [-0.15, -0.1) is 22.0 Å². The summed E-state index contributed by atoms with van der Waals surface area (Å²) < 4.78 is 5.53. The van der Waals surface area contributed by atoms with Crippen molar-refractivity contribution in [3.05, 3.63) is 54.4 Å². The van der Waals surface area contributed by atoms with Crippen molar-refractivity contribution >= 4 is 22.7 Å². The zero-order chi connectivity index (χ0) is 16.4. The summed E-state index contributed by atoms with van der Waals surface area (Å²) in [5.41, 5.74) is 3.17. The minimum Gasteiger partial charge on any atom is -0.496 e. The van der Waals surface area contributed by atoms with Gasteiger partial charge in [-0.2, -0.15) is 5.21 Å². The molecule has 0 saturated heterocycles. The van der Waals surface area contributed by atoms with Gasteiger partial charge < -0.3 is 9.72 Å². The number of methoxy groups -OCH3 is 1. The lowest BCUT2D eigenvalue weighted by Crippen LogP contribution is -1.89. The van der Waals surface area contributed by atoms with Crippen molar-refractivity contribution < 1.29 is 4.74 Å². The fraction of sp³-hybridized carbons (Fsp3) is 0.118. The molecule has 24 heavy (non-hydrogen) atoms. The van der Waals surface area contributed by atoms with Crippen molar-refractivity contribution in [2.45, 2.75) is 10.6 Å². The van der Waals surface area contributed by atoms with Crippen LogP contribution in [0.4, 0.5) is 0 Å². The predicted molar refractivity (Wildman–Crippen MR) is 94.0 cm³/mol. The molecule has 0 unspecified atom stereocenters. The number of ether oxygens (including phenoxy) is 1. The number of benzene rings is 2. The van der Waals surface area contributed by atoms with Gasteiger partial charge in [0.25, 0.3) is 0 Å². The molecule has 120 valence electrons. The zero-order valence-corrected chi connectivity index (χ0v) is 13.8. The molecule has 2 heterocycles. The van der Waals surface area contributed by atoms with Crippen LogP contribution in [0.3, 0.4) is 0 Å². The molecule has 0 spiro atoms. The minimum atomic E-state index is 0.639. The second-order valence-electron chi connectivity index (χ2n) is 5.19. The maximum atomic E-state index is 5.53. The summed E-state index contributed by atoms with van der Waals surface area (Å²) >= 11 is 1.68. The van der Waals surface area contributed by atoms with Crippen LogP contribution >= 0.6 is 11.8 Å². The Hall–Kier alpha value is -2.80. The highest BCUT2D eigenvalue weighted by molar-refractivity contribution is 7.98. The minimum absolute atomic E-state index is 0.639. The van der Waals surface area contributed by atoms with Crippen molar-refractivity contribution in [1.29, 1.82) is 0 Å². The molecular weight excluding hydrogens is 322 g/mol. The van der Waals surface area contributed by atoms with E-state index in [4.69, 9.17) is 4.74 Å². The topological polar surface area (TPSA) is 79.5 Å². The first-order chi connectivity index (χ1) is 11.9. The van der Waals surface area contributed by atoms with E-state index in [-0.39, 0.29) is 0 Å². The van der Waals surface area contributed by atoms with E-state index in [1.165, 1.54) is 5.39 Å². The largest absolute Gasteiger partial charge is 0.496 e. The molecule has 2 aromatic heterocycles. The summed E-state index contributed by atoms with van der Waals surface area (Å²) in [7, 11) is 1.69. The van der Waals surface area contributed by atoms with E-state index in [1.807, 2.05) is 30.3 Å². The number of fused-ring (bicyclic) bond motifs is 1. The van der Waals surface area contributed by atoms with Gasteiger partial charge in [-0.1, -0.05) is 35.5 Å². The van der Waals surface area contributed by atoms with Gasteiger partial charge in [-0.3, -0.25) is 0 Å². The number of thioether (sulfide) groups is 1. The molecule has 6 nitrogen and oxygen atoms in total. The zero-order valence-electron chi connectivity index (χ0n) is 13.0. The predicted octanol–water partition coefficient (Wildman–Crippen LogP) is 3.65. The molecule has 0 aliphatic heterocycles. The van der Waals surface area contributed by atoms with Crippen LogP contribution in [0.1, 0.15) is 5.82 Å². The monoisotopic (exact) mass is 337 g/mol. The number of nitrogens with zero attached hydrogens (tertiary/aromatic N) is 3. The highest BCUT2D eigenvalue weighted by atomic mass is 32.2. The molecule has 0 aliphatic rings. The molecule has 4 aromatic rings. The molecule has 0 radical (unpaired) electrons. The summed E-state index contributed by atoms with van der Waals surface area (Å²) in [6.07, 6.45) is 0. The van der Waals surface area contributed by atoms with E-state index in [2.05, 4.69) is 43.8 Å². The number of para-hydroxylation sites is 2. The Labute approximate surface area is 142 Å². The van der Waals surface area contributed by atoms with Crippen LogP contribution in [0.25, 0.3) is 22.2 Å². The normalized spacial score (nSPS) is 11.0. The molecule has 0 atom stereocenters. The average molecular weight is 337 g/mol. The molecular formula is C17H15N5OS. The molecule has 0 saturated carbocycles. The maximum Gasteiger partial charge on any atom is 0.184 e. The van der Waals surface area contributed by atoms with Crippen LogP contribution in [0, 0.1) is 0 Å². The first-order valence-electron chi connectivity index (χ1n) is 7.46. The van der Waals surface area contributed by atoms with Crippen LogP contribution in [-0.2, 0) is 5.75 Å². The van der Waals surface area contributed by atoms with E-state index in [0.29, 0.717) is 11.6 Å². The second kappa shape index (κ2) is 6.37. The number of rotatable bonds is 5. The van der Waals surface area contributed by atoms with Crippen molar-refractivity contribution in [3.8, 4) is 17.0 Å². The Morgan fingerprint density at radius 2 is 1.92 bits per heavy atom. The van der Waals surface area contributed by atoms with Crippen LogP contribution in [0.15, 0.2) is 53.4 Å². The highest BCUT2D eigenvalue weighted by Gasteiger charge is 2.17. The molecule has 4 rings (SSSR count). The van der Waals surface area contributed by atoms with Crippen LogP contribution in [0.5, 0.6) is 5.75 Å². The molecule has 7 heteroatoms. The smallest absolute Gasteiger partial charge is 0.184 e.